The molecule has 1 aromatic carbocycles. The summed E-state index contributed by atoms with van der Waals surface area (Å²) < 4.78 is 1.87. The van der Waals surface area contributed by atoms with Gasteiger partial charge in [0.15, 0.2) is 0 Å². The maximum Gasteiger partial charge on any atom is 0.115 e. The highest BCUT2D eigenvalue weighted by Crippen LogP contribution is 2.20. The molecule has 2 N–H and O–H groups in total. The van der Waals surface area contributed by atoms with E-state index < -0.39 is 0 Å². The molecule has 0 saturated carbocycles. The predicted octanol–water partition coefficient (Wildman–Crippen LogP) is 3.10. The van der Waals surface area contributed by atoms with E-state index in [2.05, 4.69) is 37.4 Å². The Kier molecular flexibility index (Phi) is 4.45. The van der Waals surface area contributed by atoms with E-state index in [1.807, 2.05) is 23.9 Å². The number of aryl methyl sites for hydroxylation is 1. The van der Waals surface area contributed by atoms with Crippen molar-refractivity contribution in [3.63, 3.8) is 0 Å². The number of hydrogen-bond acceptors (Lipinski definition) is 3. The smallest absolute Gasteiger partial charge is 0.115 e. The maximum absolute atomic E-state index is 9.53. The first kappa shape index (κ1) is 14.6. The van der Waals surface area contributed by atoms with Gasteiger partial charge in [-0.3, -0.25) is 4.68 Å². The van der Waals surface area contributed by atoms with Crippen LogP contribution in [0.2, 0.25) is 0 Å². The molecule has 20 heavy (non-hydrogen) atoms. The Morgan fingerprint density at radius 3 is 2.70 bits per heavy atom. The lowest BCUT2D eigenvalue weighted by Gasteiger charge is -2.15. The van der Waals surface area contributed by atoms with Crippen LogP contribution in [0.5, 0.6) is 5.75 Å². The van der Waals surface area contributed by atoms with Crippen LogP contribution in [0, 0.1) is 0 Å². The molecular formula is C16H23N3O. The van der Waals surface area contributed by atoms with E-state index in [1.54, 1.807) is 12.1 Å². The van der Waals surface area contributed by atoms with Crippen LogP contribution in [0.1, 0.15) is 49.6 Å². The summed E-state index contributed by atoms with van der Waals surface area (Å²) in [6.45, 7) is 7.19. The van der Waals surface area contributed by atoms with Gasteiger partial charge in [0.1, 0.15) is 5.75 Å². The monoisotopic (exact) mass is 273 g/mol. The van der Waals surface area contributed by atoms with Crippen molar-refractivity contribution in [1.82, 2.24) is 15.1 Å². The van der Waals surface area contributed by atoms with Gasteiger partial charge < -0.3 is 10.4 Å². The zero-order valence-corrected chi connectivity index (χ0v) is 12.6. The summed E-state index contributed by atoms with van der Waals surface area (Å²) in [6, 6.07) is 7.55. The molecule has 4 nitrogen and oxygen atoms in total. The number of aromatic hydroxyl groups is 1. The van der Waals surface area contributed by atoms with Gasteiger partial charge in [0, 0.05) is 31.4 Å². The summed E-state index contributed by atoms with van der Waals surface area (Å²) >= 11 is 0. The van der Waals surface area contributed by atoms with Crippen molar-refractivity contribution < 1.29 is 5.11 Å². The van der Waals surface area contributed by atoms with E-state index in [1.165, 1.54) is 5.56 Å². The fourth-order valence-electron chi connectivity index (χ4n) is 2.35. The fourth-order valence-corrected chi connectivity index (χ4v) is 2.35. The molecule has 0 bridgehead atoms. The molecule has 4 heteroatoms. The lowest BCUT2D eigenvalue weighted by Crippen LogP contribution is -2.18. The van der Waals surface area contributed by atoms with Gasteiger partial charge in [0.05, 0.1) is 5.69 Å². The van der Waals surface area contributed by atoms with Crippen LogP contribution >= 0.6 is 0 Å². The van der Waals surface area contributed by atoms with E-state index in [0.29, 0.717) is 11.7 Å². The minimum Gasteiger partial charge on any atom is -0.508 e. The predicted molar refractivity (Wildman–Crippen MR) is 80.7 cm³/mol. The molecule has 0 aliphatic heterocycles. The molecule has 1 atom stereocenters. The summed E-state index contributed by atoms with van der Waals surface area (Å²) in [4.78, 5) is 0. The van der Waals surface area contributed by atoms with E-state index in [-0.39, 0.29) is 6.04 Å². The summed E-state index contributed by atoms with van der Waals surface area (Å²) in [6.07, 6.45) is 2.07. The molecule has 0 aliphatic carbocycles. The van der Waals surface area contributed by atoms with Gasteiger partial charge >= 0.3 is 0 Å². The largest absolute Gasteiger partial charge is 0.508 e. The van der Waals surface area contributed by atoms with Crippen LogP contribution in [-0.2, 0) is 13.6 Å². The Morgan fingerprint density at radius 1 is 1.30 bits per heavy atom. The van der Waals surface area contributed by atoms with Crippen molar-refractivity contribution in [3.8, 4) is 5.75 Å². The average Bonchev–Trinajstić information content (AvgIpc) is 2.77. The van der Waals surface area contributed by atoms with E-state index >= 15 is 0 Å². The quantitative estimate of drug-likeness (QED) is 0.880. The first-order valence-corrected chi connectivity index (χ1v) is 7.02. The Morgan fingerprint density at radius 2 is 2.05 bits per heavy atom. The average molecular weight is 273 g/mol. The second-order valence-corrected chi connectivity index (χ2v) is 5.57. The van der Waals surface area contributed by atoms with Gasteiger partial charge in [-0.2, -0.15) is 5.10 Å². The van der Waals surface area contributed by atoms with E-state index in [4.69, 9.17) is 0 Å². The molecule has 0 spiro atoms. The molecule has 0 fully saturated rings. The SMILES string of the molecule is CC(C)c1nn(C)cc1CNC(C)c1cccc(O)c1. The molecule has 0 saturated heterocycles. The van der Waals surface area contributed by atoms with Crippen LogP contribution in [-0.4, -0.2) is 14.9 Å². The van der Waals surface area contributed by atoms with Crippen LogP contribution in [0.4, 0.5) is 0 Å². The van der Waals surface area contributed by atoms with Crippen molar-refractivity contribution in [1.29, 1.82) is 0 Å². The van der Waals surface area contributed by atoms with Gasteiger partial charge in [0.25, 0.3) is 0 Å². The zero-order valence-electron chi connectivity index (χ0n) is 12.6. The molecular weight excluding hydrogens is 250 g/mol. The minimum absolute atomic E-state index is 0.183. The topological polar surface area (TPSA) is 50.1 Å². The molecule has 1 heterocycles. The second kappa shape index (κ2) is 6.09. The molecule has 108 valence electrons. The lowest BCUT2D eigenvalue weighted by molar-refractivity contribution is 0.472. The highest BCUT2D eigenvalue weighted by atomic mass is 16.3. The Hall–Kier alpha value is -1.81. The third kappa shape index (κ3) is 3.39. The lowest BCUT2D eigenvalue weighted by atomic mass is 10.0. The molecule has 2 rings (SSSR count). The fraction of sp³-hybridized carbons (Fsp3) is 0.438. The third-order valence-corrected chi connectivity index (χ3v) is 3.45. The highest BCUT2D eigenvalue weighted by molar-refractivity contribution is 5.29. The highest BCUT2D eigenvalue weighted by Gasteiger charge is 2.12. The van der Waals surface area contributed by atoms with E-state index in [0.717, 1.165) is 17.8 Å². The van der Waals surface area contributed by atoms with Crippen molar-refractivity contribution in [2.75, 3.05) is 0 Å². The number of phenols is 1. The van der Waals surface area contributed by atoms with Crippen LogP contribution in [0.25, 0.3) is 0 Å². The summed E-state index contributed by atoms with van der Waals surface area (Å²) in [5, 5.41) is 17.5. The Balaban J connectivity index is 2.05. The Labute approximate surface area is 120 Å². The van der Waals surface area contributed by atoms with Crippen molar-refractivity contribution in [2.24, 2.45) is 7.05 Å². The Bertz CT molecular complexity index is 575. The molecule has 1 unspecified atom stereocenters. The number of phenolic OH excluding ortho intramolecular Hbond substituents is 1. The van der Waals surface area contributed by atoms with Crippen LogP contribution < -0.4 is 5.32 Å². The third-order valence-electron chi connectivity index (χ3n) is 3.45. The normalized spacial score (nSPS) is 12.8. The first-order chi connectivity index (χ1) is 9.47. The summed E-state index contributed by atoms with van der Waals surface area (Å²) in [5.74, 6) is 0.726. The number of benzene rings is 1. The first-order valence-electron chi connectivity index (χ1n) is 7.02. The molecule has 0 amide bonds. The minimum atomic E-state index is 0.183. The van der Waals surface area contributed by atoms with Crippen LogP contribution in [0.15, 0.2) is 30.5 Å². The zero-order chi connectivity index (χ0) is 14.7. The van der Waals surface area contributed by atoms with Crippen molar-refractivity contribution in [2.45, 2.75) is 39.3 Å². The van der Waals surface area contributed by atoms with Gasteiger partial charge in [-0.1, -0.05) is 26.0 Å². The van der Waals surface area contributed by atoms with Gasteiger partial charge in [-0.25, -0.2) is 0 Å². The summed E-state index contributed by atoms with van der Waals surface area (Å²) in [5.41, 5.74) is 3.46. The van der Waals surface area contributed by atoms with E-state index in [9.17, 15) is 5.11 Å². The van der Waals surface area contributed by atoms with Crippen LogP contribution in [0.3, 0.4) is 0 Å². The second-order valence-electron chi connectivity index (χ2n) is 5.57. The number of rotatable bonds is 5. The molecule has 0 aliphatic rings. The number of hydrogen-bond donors (Lipinski definition) is 2. The molecule has 1 aromatic heterocycles. The standard InChI is InChI=1S/C16H23N3O/c1-11(2)16-14(10-19(4)18-16)9-17-12(3)13-6-5-7-15(20)8-13/h5-8,10-12,17,20H,9H2,1-4H3. The van der Waals surface area contributed by atoms with Gasteiger partial charge in [-0.05, 0) is 30.5 Å². The van der Waals surface area contributed by atoms with Crippen molar-refractivity contribution in [3.05, 3.63) is 47.3 Å². The number of aromatic nitrogens is 2. The van der Waals surface area contributed by atoms with Gasteiger partial charge in [0.2, 0.25) is 0 Å². The van der Waals surface area contributed by atoms with Crippen molar-refractivity contribution >= 4 is 0 Å². The summed E-state index contributed by atoms with van der Waals surface area (Å²) in [7, 11) is 1.95. The maximum atomic E-state index is 9.53. The number of nitrogens with one attached hydrogen (secondary N) is 1. The molecule has 2 aromatic rings. The molecule has 0 radical (unpaired) electrons. The number of nitrogens with zero attached hydrogens (tertiary/aromatic N) is 2. The van der Waals surface area contributed by atoms with Gasteiger partial charge in [-0.15, -0.1) is 0 Å².